The predicted octanol–water partition coefficient (Wildman–Crippen LogP) is 1.01. The molecule has 0 aliphatic carbocycles. The first kappa shape index (κ1) is 11.0. The lowest BCUT2D eigenvalue weighted by Crippen LogP contribution is -2.36. The number of carboxylic acids is 1. The van der Waals surface area contributed by atoms with Gasteiger partial charge in [0.15, 0.2) is 0 Å². The Bertz CT molecular complexity index is 217. The summed E-state index contributed by atoms with van der Waals surface area (Å²) < 4.78 is 0. The Morgan fingerprint density at radius 3 is 2.86 bits per heavy atom. The maximum atomic E-state index is 10.9. The fourth-order valence-electron chi connectivity index (χ4n) is 1.83. The Morgan fingerprint density at radius 1 is 1.71 bits per heavy atom. The summed E-state index contributed by atoms with van der Waals surface area (Å²) in [5.74, 6) is -0.544. The molecule has 2 N–H and O–H groups in total. The summed E-state index contributed by atoms with van der Waals surface area (Å²) in [4.78, 5) is 21.7. The summed E-state index contributed by atoms with van der Waals surface area (Å²) in [5, 5.41) is 11.6. The number of aliphatic carboxylic acids is 1. The zero-order chi connectivity index (χ0) is 10.6. The smallest absolute Gasteiger partial charge is 0.306 e. The highest BCUT2D eigenvalue weighted by Gasteiger charge is 2.24. The van der Waals surface area contributed by atoms with Crippen LogP contribution in [0.1, 0.15) is 32.6 Å². The number of carbonyl (C=O) groups is 2. The maximum absolute atomic E-state index is 10.9. The van der Waals surface area contributed by atoms with Crippen molar-refractivity contribution in [2.24, 2.45) is 11.8 Å². The van der Waals surface area contributed by atoms with Crippen LogP contribution in [0.3, 0.4) is 0 Å². The molecular formula is C10H17NO3. The average molecular weight is 199 g/mol. The van der Waals surface area contributed by atoms with Crippen molar-refractivity contribution in [2.75, 3.05) is 6.54 Å². The number of carbonyl (C=O) groups excluding carboxylic acids is 1. The van der Waals surface area contributed by atoms with Gasteiger partial charge in [-0.05, 0) is 25.2 Å². The van der Waals surface area contributed by atoms with Crippen molar-refractivity contribution < 1.29 is 14.7 Å². The second kappa shape index (κ2) is 4.98. The summed E-state index contributed by atoms with van der Waals surface area (Å²) in [6.07, 6.45) is 2.72. The summed E-state index contributed by atoms with van der Waals surface area (Å²) in [6.45, 7) is 2.53. The number of amides is 1. The van der Waals surface area contributed by atoms with Crippen LogP contribution >= 0.6 is 0 Å². The molecule has 1 heterocycles. The van der Waals surface area contributed by atoms with Crippen LogP contribution in [0.2, 0.25) is 0 Å². The Hall–Kier alpha value is -1.06. The molecule has 0 aromatic rings. The van der Waals surface area contributed by atoms with Crippen molar-refractivity contribution in [3.05, 3.63) is 0 Å². The summed E-state index contributed by atoms with van der Waals surface area (Å²) in [5.41, 5.74) is 0. The average Bonchev–Trinajstić information content (AvgIpc) is 2.16. The molecule has 80 valence electrons. The molecule has 1 rings (SSSR count). The van der Waals surface area contributed by atoms with Crippen LogP contribution in [0.4, 0.5) is 0 Å². The van der Waals surface area contributed by atoms with Gasteiger partial charge in [-0.3, -0.25) is 9.59 Å². The van der Waals surface area contributed by atoms with E-state index in [0.29, 0.717) is 31.7 Å². The van der Waals surface area contributed by atoms with Gasteiger partial charge >= 0.3 is 5.97 Å². The second-order valence-corrected chi connectivity index (χ2v) is 3.89. The Kier molecular flexibility index (Phi) is 3.92. The Balaban J connectivity index is 2.36. The highest BCUT2D eigenvalue weighted by molar-refractivity contribution is 5.76. The first-order valence-corrected chi connectivity index (χ1v) is 5.13. The van der Waals surface area contributed by atoms with Gasteiger partial charge in [0.25, 0.3) is 0 Å². The number of hydrogen-bond acceptors (Lipinski definition) is 2. The van der Waals surface area contributed by atoms with Crippen molar-refractivity contribution in [1.29, 1.82) is 0 Å². The molecular weight excluding hydrogens is 182 g/mol. The summed E-state index contributed by atoms with van der Waals surface area (Å²) in [6, 6.07) is 0. The molecule has 0 aromatic heterocycles. The van der Waals surface area contributed by atoms with E-state index in [1.165, 1.54) is 0 Å². The van der Waals surface area contributed by atoms with Crippen LogP contribution < -0.4 is 5.32 Å². The van der Waals surface area contributed by atoms with Crippen molar-refractivity contribution >= 4 is 11.9 Å². The number of carboxylic acid groups (broad SMARTS) is 1. The van der Waals surface area contributed by atoms with Gasteiger partial charge in [-0.1, -0.05) is 6.92 Å². The van der Waals surface area contributed by atoms with Gasteiger partial charge < -0.3 is 10.4 Å². The van der Waals surface area contributed by atoms with Gasteiger partial charge in [0.05, 0.1) is 5.92 Å². The third-order valence-corrected chi connectivity index (χ3v) is 2.83. The number of rotatable bonds is 4. The van der Waals surface area contributed by atoms with Crippen LogP contribution in [-0.2, 0) is 9.59 Å². The molecule has 0 spiro atoms. The third kappa shape index (κ3) is 3.01. The molecule has 0 radical (unpaired) electrons. The van der Waals surface area contributed by atoms with Crippen molar-refractivity contribution in [1.82, 2.24) is 5.32 Å². The van der Waals surface area contributed by atoms with Gasteiger partial charge in [-0.15, -0.1) is 0 Å². The number of hydrogen-bond donors (Lipinski definition) is 2. The lowest BCUT2D eigenvalue weighted by Gasteiger charge is -2.24. The Labute approximate surface area is 83.7 Å². The number of piperidine rings is 1. The molecule has 4 nitrogen and oxygen atoms in total. The minimum Gasteiger partial charge on any atom is -0.481 e. The topological polar surface area (TPSA) is 66.4 Å². The molecule has 4 heteroatoms. The van der Waals surface area contributed by atoms with Crippen LogP contribution in [0.25, 0.3) is 0 Å². The van der Waals surface area contributed by atoms with E-state index in [9.17, 15) is 9.59 Å². The fourth-order valence-corrected chi connectivity index (χ4v) is 1.83. The molecule has 0 aromatic carbocycles. The standard InChI is InChI=1S/C10H17NO3/c1-2-8(10(13)14)5-7-3-4-9(12)11-6-7/h7-8H,2-6H2,1H3,(H,11,12)(H,13,14). The molecule has 0 bridgehead atoms. The first-order valence-electron chi connectivity index (χ1n) is 5.13. The van der Waals surface area contributed by atoms with E-state index in [0.717, 1.165) is 6.42 Å². The van der Waals surface area contributed by atoms with E-state index < -0.39 is 5.97 Å². The molecule has 1 fully saturated rings. The minimum absolute atomic E-state index is 0.0876. The summed E-state index contributed by atoms with van der Waals surface area (Å²) in [7, 11) is 0. The van der Waals surface area contributed by atoms with Gasteiger partial charge in [0.1, 0.15) is 0 Å². The van der Waals surface area contributed by atoms with E-state index >= 15 is 0 Å². The molecule has 2 unspecified atom stereocenters. The first-order chi connectivity index (χ1) is 6.63. The highest BCUT2D eigenvalue weighted by Crippen LogP contribution is 2.21. The van der Waals surface area contributed by atoms with Crippen molar-refractivity contribution in [3.63, 3.8) is 0 Å². The zero-order valence-corrected chi connectivity index (χ0v) is 8.45. The third-order valence-electron chi connectivity index (χ3n) is 2.83. The van der Waals surface area contributed by atoms with E-state index in [2.05, 4.69) is 5.32 Å². The molecule has 1 aliphatic heterocycles. The van der Waals surface area contributed by atoms with Gasteiger partial charge in [-0.25, -0.2) is 0 Å². The predicted molar refractivity (Wildman–Crippen MR) is 51.8 cm³/mol. The monoisotopic (exact) mass is 199 g/mol. The van der Waals surface area contributed by atoms with Crippen LogP contribution in [-0.4, -0.2) is 23.5 Å². The Morgan fingerprint density at radius 2 is 2.43 bits per heavy atom. The van der Waals surface area contributed by atoms with Crippen LogP contribution in [0.5, 0.6) is 0 Å². The largest absolute Gasteiger partial charge is 0.481 e. The van der Waals surface area contributed by atoms with Gasteiger partial charge in [-0.2, -0.15) is 0 Å². The maximum Gasteiger partial charge on any atom is 0.306 e. The SMILES string of the molecule is CCC(CC1CCC(=O)NC1)C(=O)O. The lowest BCUT2D eigenvalue weighted by atomic mass is 9.87. The van der Waals surface area contributed by atoms with E-state index in [1.54, 1.807) is 0 Å². The van der Waals surface area contributed by atoms with E-state index in [-0.39, 0.29) is 11.8 Å². The van der Waals surface area contributed by atoms with Crippen LogP contribution in [0.15, 0.2) is 0 Å². The summed E-state index contributed by atoms with van der Waals surface area (Å²) >= 11 is 0. The highest BCUT2D eigenvalue weighted by atomic mass is 16.4. The second-order valence-electron chi connectivity index (χ2n) is 3.89. The van der Waals surface area contributed by atoms with Crippen LogP contribution in [0, 0.1) is 11.8 Å². The molecule has 1 saturated heterocycles. The van der Waals surface area contributed by atoms with Gasteiger partial charge in [0.2, 0.25) is 5.91 Å². The fraction of sp³-hybridized carbons (Fsp3) is 0.800. The minimum atomic E-state index is -0.718. The van der Waals surface area contributed by atoms with Crippen molar-refractivity contribution in [2.45, 2.75) is 32.6 Å². The van der Waals surface area contributed by atoms with E-state index in [4.69, 9.17) is 5.11 Å². The molecule has 1 amide bonds. The quantitative estimate of drug-likeness (QED) is 0.710. The van der Waals surface area contributed by atoms with Gasteiger partial charge in [0, 0.05) is 13.0 Å². The molecule has 14 heavy (non-hydrogen) atoms. The molecule has 1 aliphatic rings. The molecule has 2 atom stereocenters. The zero-order valence-electron chi connectivity index (χ0n) is 8.45. The number of nitrogens with one attached hydrogen (secondary N) is 1. The normalized spacial score (nSPS) is 24.1. The lowest BCUT2D eigenvalue weighted by molar-refractivity contribution is -0.142. The van der Waals surface area contributed by atoms with Crippen molar-refractivity contribution in [3.8, 4) is 0 Å². The van der Waals surface area contributed by atoms with E-state index in [1.807, 2.05) is 6.92 Å². The molecule has 0 saturated carbocycles.